The minimum absolute atomic E-state index is 0.0559. The molecule has 3 N–H and O–H groups in total. The number of furan rings is 1. The molecule has 8 nitrogen and oxygen atoms in total. The van der Waals surface area contributed by atoms with Crippen LogP contribution in [-0.4, -0.2) is 62.8 Å². The summed E-state index contributed by atoms with van der Waals surface area (Å²) < 4.78 is 10.7. The highest BCUT2D eigenvalue weighted by molar-refractivity contribution is 5.79. The highest BCUT2D eigenvalue weighted by Crippen LogP contribution is 2.18. The fourth-order valence-electron chi connectivity index (χ4n) is 2.17. The second kappa shape index (κ2) is 10.7. The Labute approximate surface area is 156 Å². The second-order valence-corrected chi connectivity index (χ2v) is 7.07. The standard InChI is InChI=1S/C18H33N5O3/c1-7-19-16(20-10-11-21-17(24)26-18(2,3)4)22-13-14(23(5)6)15-9-8-12-25-15/h8-9,12,14H,7,10-11,13H2,1-6H3,(H,21,24)(H2,19,20,22). The fourth-order valence-corrected chi connectivity index (χ4v) is 2.17. The van der Waals surface area contributed by atoms with Crippen LogP contribution in [0.3, 0.4) is 0 Å². The number of guanidine groups is 1. The lowest BCUT2D eigenvalue weighted by atomic mass is 10.2. The van der Waals surface area contributed by atoms with Crippen LogP contribution >= 0.6 is 0 Å². The third-order valence-corrected chi connectivity index (χ3v) is 3.35. The molecule has 0 spiro atoms. The van der Waals surface area contributed by atoms with Crippen molar-refractivity contribution < 1.29 is 13.9 Å². The molecule has 1 amide bonds. The zero-order chi connectivity index (χ0) is 19.6. The molecule has 0 bridgehead atoms. The van der Waals surface area contributed by atoms with Gasteiger partial charge in [-0.2, -0.15) is 0 Å². The number of rotatable bonds is 8. The maximum atomic E-state index is 11.6. The summed E-state index contributed by atoms with van der Waals surface area (Å²) in [4.78, 5) is 18.3. The molecule has 1 heterocycles. The lowest BCUT2D eigenvalue weighted by molar-refractivity contribution is 0.0529. The zero-order valence-electron chi connectivity index (χ0n) is 16.8. The summed E-state index contributed by atoms with van der Waals surface area (Å²) in [5.74, 6) is 1.57. The number of carbonyl (C=O) groups excluding carboxylic acids is 1. The van der Waals surface area contributed by atoms with Crippen LogP contribution in [0.2, 0.25) is 0 Å². The maximum absolute atomic E-state index is 11.6. The minimum atomic E-state index is -0.499. The van der Waals surface area contributed by atoms with Crippen LogP contribution in [0.15, 0.2) is 27.8 Å². The van der Waals surface area contributed by atoms with Crippen LogP contribution < -0.4 is 16.0 Å². The molecule has 1 unspecified atom stereocenters. The Morgan fingerprint density at radius 2 is 1.96 bits per heavy atom. The molecule has 0 saturated carbocycles. The third kappa shape index (κ3) is 8.75. The van der Waals surface area contributed by atoms with Gasteiger partial charge in [0.2, 0.25) is 0 Å². The molecule has 0 aliphatic rings. The van der Waals surface area contributed by atoms with Crippen LogP contribution in [-0.2, 0) is 4.74 Å². The molecule has 0 aliphatic heterocycles. The monoisotopic (exact) mass is 367 g/mol. The predicted molar refractivity (Wildman–Crippen MR) is 103 cm³/mol. The largest absolute Gasteiger partial charge is 0.468 e. The summed E-state index contributed by atoms with van der Waals surface area (Å²) in [6, 6.07) is 3.88. The number of carbonyl (C=O) groups is 1. The van der Waals surface area contributed by atoms with E-state index in [0.717, 1.165) is 12.3 Å². The van der Waals surface area contributed by atoms with Gasteiger partial charge in [0.25, 0.3) is 0 Å². The van der Waals surface area contributed by atoms with E-state index in [9.17, 15) is 4.79 Å². The van der Waals surface area contributed by atoms with E-state index in [1.54, 1.807) is 6.26 Å². The molecule has 148 valence electrons. The Bertz CT molecular complexity index is 550. The highest BCUT2D eigenvalue weighted by atomic mass is 16.6. The Morgan fingerprint density at radius 3 is 2.50 bits per heavy atom. The van der Waals surface area contributed by atoms with Gasteiger partial charge in [0, 0.05) is 19.6 Å². The smallest absolute Gasteiger partial charge is 0.407 e. The SMILES string of the molecule is CCNC(=NCC(c1ccco1)N(C)C)NCCNC(=O)OC(C)(C)C. The van der Waals surface area contributed by atoms with E-state index < -0.39 is 11.7 Å². The van der Waals surface area contributed by atoms with Crippen molar-refractivity contribution in [1.29, 1.82) is 0 Å². The van der Waals surface area contributed by atoms with E-state index >= 15 is 0 Å². The fraction of sp³-hybridized carbons (Fsp3) is 0.667. The lowest BCUT2D eigenvalue weighted by Crippen LogP contribution is -2.42. The number of hydrogen-bond acceptors (Lipinski definition) is 5. The van der Waals surface area contributed by atoms with E-state index in [1.807, 2.05) is 53.9 Å². The van der Waals surface area contributed by atoms with Crippen LogP contribution in [0.5, 0.6) is 0 Å². The van der Waals surface area contributed by atoms with Gasteiger partial charge in [-0.15, -0.1) is 0 Å². The average Bonchev–Trinajstić information content (AvgIpc) is 3.03. The molecule has 1 atom stereocenters. The predicted octanol–water partition coefficient (Wildman–Crippen LogP) is 1.96. The summed E-state index contributed by atoms with van der Waals surface area (Å²) in [5, 5.41) is 9.10. The number of alkyl carbamates (subject to hydrolysis) is 1. The number of nitrogens with zero attached hydrogens (tertiary/aromatic N) is 2. The number of aliphatic imine (C=N–C) groups is 1. The zero-order valence-corrected chi connectivity index (χ0v) is 16.8. The second-order valence-electron chi connectivity index (χ2n) is 7.07. The van der Waals surface area contributed by atoms with E-state index in [-0.39, 0.29) is 6.04 Å². The highest BCUT2D eigenvalue weighted by Gasteiger charge is 2.17. The summed E-state index contributed by atoms with van der Waals surface area (Å²) in [6.07, 6.45) is 1.24. The first-order valence-electron chi connectivity index (χ1n) is 8.91. The van der Waals surface area contributed by atoms with E-state index in [4.69, 9.17) is 9.15 Å². The summed E-state index contributed by atoms with van der Waals surface area (Å²) in [7, 11) is 3.99. The van der Waals surface area contributed by atoms with E-state index in [1.165, 1.54) is 0 Å². The van der Waals surface area contributed by atoms with Gasteiger partial charge in [-0.25, -0.2) is 4.79 Å². The van der Waals surface area contributed by atoms with Gasteiger partial charge in [-0.1, -0.05) is 0 Å². The Balaban J connectivity index is 2.49. The van der Waals surface area contributed by atoms with Gasteiger partial charge in [-0.05, 0) is 53.9 Å². The molecule has 1 aromatic rings. The molecule has 0 saturated heterocycles. The topological polar surface area (TPSA) is 91.1 Å². The van der Waals surface area contributed by atoms with Crippen molar-refractivity contribution >= 4 is 12.1 Å². The van der Waals surface area contributed by atoms with Crippen LogP contribution in [0.4, 0.5) is 4.79 Å². The van der Waals surface area contributed by atoms with Crippen molar-refractivity contribution in [3.63, 3.8) is 0 Å². The first-order chi connectivity index (χ1) is 12.2. The van der Waals surface area contributed by atoms with Crippen molar-refractivity contribution in [3.05, 3.63) is 24.2 Å². The van der Waals surface area contributed by atoms with E-state index in [2.05, 4.69) is 25.8 Å². The first-order valence-corrected chi connectivity index (χ1v) is 8.91. The molecular formula is C18H33N5O3. The normalized spacial score (nSPS) is 13.4. The van der Waals surface area contributed by atoms with Crippen LogP contribution in [0.1, 0.15) is 39.5 Å². The molecule has 1 aromatic heterocycles. The average molecular weight is 367 g/mol. The molecule has 26 heavy (non-hydrogen) atoms. The summed E-state index contributed by atoms with van der Waals surface area (Å²) in [6.45, 7) is 9.79. The number of amides is 1. The summed E-state index contributed by atoms with van der Waals surface area (Å²) >= 11 is 0. The molecule has 1 rings (SSSR count). The Kier molecular flexibility index (Phi) is 8.98. The molecule has 0 aromatic carbocycles. The molecule has 0 aliphatic carbocycles. The molecular weight excluding hydrogens is 334 g/mol. The maximum Gasteiger partial charge on any atom is 0.407 e. The van der Waals surface area contributed by atoms with Crippen molar-refractivity contribution in [3.8, 4) is 0 Å². The molecule has 8 heteroatoms. The van der Waals surface area contributed by atoms with Gasteiger partial charge in [0.05, 0.1) is 18.8 Å². The van der Waals surface area contributed by atoms with Gasteiger partial charge in [-0.3, -0.25) is 9.89 Å². The van der Waals surface area contributed by atoms with Crippen molar-refractivity contribution in [2.45, 2.75) is 39.3 Å². The Hall–Kier alpha value is -2.22. The third-order valence-electron chi connectivity index (χ3n) is 3.35. The Morgan fingerprint density at radius 1 is 1.27 bits per heavy atom. The van der Waals surface area contributed by atoms with E-state index in [0.29, 0.717) is 25.6 Å². The van der Waals surface area contributed by atoms with Crippen molar-refractivity contribution in [2.75, 3.05) is 40.3 Å². The van der Waals surface area contributed by atoms with Gasteiger partial charge < -0.3 is 25.1 Å². The quantitative estimate of drug-likeness (QED) is 0.370. The van der Waals surface area contributed by atoms with Crippen LogP contribution in [0, 0.1) is 0 Å². The lowest BCUT2D eigenvalue weighted by Gasteiger charge is -2.21. The van der Waals surface area contributed by atoms with Gasteiger partial charge in [0.1, 0.15) is 11.4 Å². The first kappa shape index (κ1) is 21.8. The number of ether oxygens (including phenoxy) is 1. The summed E-state index contributed by atoms with van der Waals surface area (Å²) in [5.41, 5.74) is -0.499. The van der Waals surface area contributed by atoms with Gasteiger partial charge >= 0.3 is 6.09 Å². The minimum Gasteiger partial charge on any atom is -0.468 e. The van der Waals surface area contributed by atoms with Crippen molar-refractivity contribution in [2.24, 2.45) is 4.99 Å². The van der Waals surface area contributed by atoms with Crippen molar-refractivity contribution in [1.82, 2.24) is 20.9 Å². The number of nitrogens with one attached hydrogen (secondary N) is 3. The molecule has 0 radical (unpaired) electrons. The van der Waals surface area contributed by atoms with Gasteiger partial charge in [0.15, 0.2) is 5.96 Å². The molecule has 0 fully saturated rings. The van der Waals surface area contributed by atoms with Crippen LogP contribution in [0.25, 0.3) is 0 Å². The number of hydrogen-bond donors (Lipinski definition) is 3. The number of likely N-dealkylation sites (N-methyl/N-ethyl adjacent to an activating group) is 1.